The van der Waals surface area contributed by atoms with Crippen LogP contribution in [0, 0.1) is 0 Å². The van der Waals surface area contributed by atoms with Gasteiger partial charge < -0.3 is 10.0 Å². The van der Waals surface area contributed by atoms with Crippen LogP contribution in [0.4, 0.5) is 0 Å². The van der Waals surface area contributed by atoms with E-state index in [-0.39, 0.29) is 23.0 Å². The van der Waals surface area contributed by atoms with Gasteiger partial charge in [0.15, 0.2) is 9.84 Å². The molecular weight excluding hydrogens is 318 g/mol. The van der Waals surface area contributed by atoms with E-state index in [0.717, 1.165) is 5.56 Å². The van der Waals surface area contributed by atoms with Gasteiger partial charge in [0.05, 0.1) is 10.6 Å². The van der Waals surface area contributed by atoms with E-state index in [9.17, 15) is 18.0 Å². The van der Waals surface area contributed by atoms with Crippen LogP contribution in [0.15, 0.2) is 29.2 Å². The summed E-state index contributed by atoms with van der Waals surface area (Å²) in [7, 11) is -3.22. The minimum Gasteiger partial charge on any atom is -0.480 e. The highest BCUT2D eigenvalue weighted by Gasteiger charge is 2.33. The first kappa shape index (κ1) is 17.5. The smallest absolute Gasteiger partial charge is 0.326 e. The fourth-order valence-corrected chi connectivity index (χ4v) is 3.63. The molecule has 1 saturated heterocycles. The van der Waals surface area contributed by atoms with Gasteiger partial charge in [-0.15, -0.1) is 0 Å². The number of aliphatic carboxylic acids is 1. The Labute approximate surface area is 136 Å². The van der Waals surface area contributed by atoms with Crippen molar-refractivity contribution in [1.82, 2.24) is 4.90 Å². The Bertz CT molecular complexity index is 681. The van der Waals surface area contributed by atoms with E-state index in [2.05, 4.69) is 0 Å². The summed E-state index contributed by atoms with van der Waals surface area (Å²) in [6.45, 7) is 2.08. The fraction of sp³-hybridized carbons (Fsp3) is 0.500. The van der Waals surface area contributed by atoms with Crippen molar-refractivity contribution >= 4 is 21.7 Å². The molecule has 0 spiro atoms. The maximum atomic E-state index is 12.2. The predicted molar refractivity (Wildman–Crippen MR) is 84.9 cm³/mol. The molecule has 1 unspecified atom stereocenters. The molecule has 23 heavy (non-hydrogen) atoms. The quantitative estimate of drug-likeness (QED) is 0.848. The molecule has 0 saturated carbocycles. The fourth-order valence-electron chi connectivity index (χ4n) is 2.75. The molecule has 1 aromatic carbocycles. The first-order valence-corrected chi connectivity index (χ1v) is 9.34. The van der Waals surface area contributed by atoms with Crippen LogP contribution in [0.1, 0.15) is 31.7 Å². The zero-order valence-corrected chi connectivity index (χ0v) is 13.9. The molecule has 1 aliphatic rings. The Hall–Kier alpha value is -1.89. The molecule has 126 valence electrons. The van der Waals surface area contributed by atoms with Crippen LogP contribution in [0.5, 0.6) is 0 Å². The Balaban J connectivity index is 1.96. The molecule has 1 fully saturated rings. The maximum absolute atomic E-state index is 12.2. The van der Waals surface area contributed by atoms with E-state index in [4.69, 9.17) is 5.11 Å². The monoisotopic (exact) mass is 339 g/mol. The number of aryl methyl sites for hydroxylation is 1. The summed E-state index contributed by atoms with van der Waals surface area (Å²) in [5, 5.41) is 9.10. The Morgan fingerprint density at radius 1 is 1.26 bits per heavy atom. The molecule has 1 atom stereocenters. The standard InChI is InChI=1S/C16H21NO5S/c1-2-23(21,22)13-8-5-12(6-9-13)7-10-15(18)17-11-3-4-14(17)16(19)20/h5-6,8-9,14H,2-4,7,10-11H2,1H3,(H,19,20). The van der Waals surface area contributed by atoms with Gasteiger partial charge in [0.2, 0.25) is 5.91 Å². The van der Waals surface area contributed by atoms with Crippen molar-refractivity contribution < 1.29 is 23.1 Å². The second kappa shape index (κ2) is 7.12. The summed E-state index contributed by atoms with van der Waals surface area (Å²) < 4.78 is 23.5. The van der Waals surface area contributed by atoms with Crippen molar-refractivity contribution in [3.63, 3.8) is 0 Å². The third-order valence-corrected chi connectivity index (χ3v) is 5.90. The van der Waals surface area contributed by atoms with Gasteiger partial charge in [0.1, 0.15) is 6.04 Å². The molecule has 1 aliphatic heterocycles. The second-order valence-electron chi connectivity index (χ2n) is 5.63. The van der Waals surface area contributed by atoms with Gasteiger partial charge in [-0.25, -0.2) is 13.2 Å². The summed E-state index contributed by atoms with van der Waals surface area (Å²) in [6, 6.07) is 5.80. The second-order valence-corrected chi connectivity index (χ2v) is 7.91. The van der Waals surface area contributed by atoms with Gasteiger partial charge in [-0.05, 0) is 37.0 Å². The third kappa shape index (κ3) is 4.10. The highest BCUT2D eigenvalue weighted by molar-refractivity contribution is 7.91. The first-order chi connectivity index (χ1) is 10.8. The van der Waals surface area contributed by atoms with Gasteiger partial charge in [-0.1, -0.05) is 19.1 Å². The number of likely N-dealkylation sites (tertiary alicyclic amines) is 1. The minimum absolute atomic E-state index is 0.0520. The predicted octanol–water partition coefficient (Wildman–Crippen LogP) is 1.49. The van der Waals surface area contributed by atoms with Crippen LogP contribution < -0.4 is 0 Å². The molecule has 1 amide bonds. The number of nitrogens with zero attached hydrogens (tertiary/aromatic N) is 1. The van der Waals surface area contributed by atoms with Gasteiger partial charge >= 0.3 is 5.97 Å². The van der Waals surface area contributed by atoms with Crippen molar-refractivity contribution in [1.29, 1.82) is 0 Å². The van der Waals surface area contributed by atoms with E-state index in [1.165, 1.54) is 4.90 Å². The van der Waals surface area contributed by atoms with Gasteiger partial charge in [-0.3, -0.25) is 4.79 Å². The number of amides is 1. The largest absolute Gasteiger partial charge is 0.480 e. The number of hydrogen-bond donors (Lipinski definition) is 1. The average molecular weight is 339 g/mol. The number of benzene rings is 1. The summed E-state index contributed by atoms with van der Waals surface area (Å²) in [6.07, 6.45) is 1.91. The average Bonchev–Trinajstić information content (AvgIpc) is 3.03. The molecule has 0 aliphatic carbocycles. The van der Waals surface area contributed by atoms with Crippen LogP contribution in [-0.2, 0) is 25.8 Å². The number of carbonyl (C=O) groups is 2. The maximum Gasteiger partial charge on any atom is 0.326 e. The Kier molecular flexibility index (Phi) is 5.41. The van der Waals surface area contributed by atoms with E-state index in [0.29, 0.717) is 25.8 Å². The number of rotatable bonds is 6. The van der Waals surface area contributed by atoms with Crippen molar-refractivity contribution in [2.24, 2.45) is 0 Å². The Morgan fingerprint density at radius 3 is 2.48 bits per heavy atom. The minimum atomic E-state index is -3.22. The van der Waals surface area contributed by atoms with Crippen LogP contribution >= 0.6 is 0 Å². The number of carboxylic acid groups (broad SMARTS) is 1. The SMILES string of the molecule is CCS(=O)(=O)c1ccc(CCC(=O)N2CCCC2C(=O)O)cc1. The lowest BCUT2D eigenvalue weighted by atomic mass is 10.1. The highest BCUT2D eigenvalue weighted by Crippen LogP contribution is 2.19. The summed E-state index contributed by atoms with van der Waals surface area (Å²) in [4.78, 5) is 25.0. The Morgan fingerprint density at radius 2 is 1.91 bits per heavy atom. The molecule has 1 heterocycles. The van der Waals surface area contributed by atoms with E-state index in [1.54, 1.807) is 31.2 Å². The zero-order chi connectivity index (χ0) is 17.0. The summed E-state index contributed by atoms with van der Waals surface area (Å²) in [5.41, 5.74) is 0.861. The van der Waals surface area contributed by atoms with E-state index in [1.807, 2.05) is 0 Å². The number of sulfone groups is 1. The van der Waals surface area contributed by atoms with Crippen molar-refractivity contribution in [2.45, 2.75) is 43.5 Å². The number of carboxylic acids is 1. The van der Waals surface area contributed by atoms with Crippen LogP contribution in [0.2, 0.25) is 0 Å². The van der Waals surface area contributed by atoms with Gasteiger partial charge in [-0.2, -0.15) is 0 Å². The summed E-state index contributed by atoms with van der Waals surface area (Å²) in [5.74, 6) is -1.07. The zero-order valence-electron chi connectivity index (χ0n) is 13.1. The molecular formula is C16H21NO5S. The molecule has 0 aromatic heterocycles. The molecule has 0 radical (unpaired) electrons. The molecule has 7 heteroatoms. The van der Waals surface area contributed by atoms with Gasteiger partial charge in [0.25, 0.3) is 0 Å². The molecule has 6 nitrogen and oxygen atoms in total. The lowest BCUT2D eigenvalue weighted by Gasteiger charge is -2.21. The highest BCUT2D eigenvalue weighted by atomic mass is 32.2. The van der Waals surface area contributed by atoms with Crippen molar-refractivity contribution in [3.05, 3.63) is 29.8 Å². The van der Waals surface area contributed by atoms with Gasteiger partial charge in [0, 0.05) is 13.0 Å². The van der Waals surface area contributed by atoms with Crippen LogP contribution in [0.25, 0.3) is 0 Å². The van der Waals surface area contributed by atoms with Crippen molar-refractivity contribution in [2.75, 3.05) is 12.3 Å². The van der Waals surface area contributed by atoms with E-state index < -0.39 is 21.8 Å². The molecule has 1 aromatic rings. The molecule has 0 bridgehead atoms. The molecule has 1 N–H and O–H groups in total. The topological polar surface area (TPSA) is 91.8 Å². The van der Waals surface area contributed by atoms with E-state index >= 15 is 0 Å². The first-order valence-electron chi connectivity index (χ1n) is 7.69. The van der Waals surface area contributed by atoms with Crippen molar-refractivity contribution in [3.8, 4) is 0 Å². The lowest BCUT2D eigenvalue weighted by molar-refractivity contribution is -0.148. The molecule has 2 rings (SSSR count). The number of hydrogen-bond acceptors (Lipinski definition) is 4. The normalized spacial score (nSPS) is 18.1. The van der Waals surface area contributed by atoms with Crippen LogP contribution in [-0.4, -0.2) is 48.6 Å². The van der Waals surface area contributed by atoms with Crippen LogP contribution in [0.3, 0.4) is 0 Å². The lowest BCUT2D eigenvalue weighted by Crippen LogP contribution is -2.40. The third-order valence-electron chi connectivity index (χ3n) is 4.15. The summed E-state index contributed by atoms with van der Waals surface area (Å²) >= 11 is 0. The number of carbonyl (C=O) groups excluding carboxylic acids is 1.